The summed E-state index contributed by atoms with van der Waals surface area (Å²) in [5.41, 5.74) is 1.87. The van der Waals surface area contributed by atoms with Crippen molar-refractivity contribution in [1.82, 2.24) is 10.2 Å². The van der Waals surface area contributed by atoms with E-state index in [1.165, 1.54) is 6.08 Å². The third-order valence-corrected chi connectivity index (χ3v) is 3.48. The van der Waals surface area contributed by atoms with Gasteiger partial charge in [-0.15, -0.1) is 0 Å². The second-order valence-corrected chi connectivity index (χ2v) is 4.75. The molecule has 1 N–H and O–H groups in total. The van der Waals surface area contributed by atoms with Crippen molar-refractivity contribution in [3.8, 4) is 0 Å². The van der Waals surface area contributed by atoms with Crippen LogP contribution in [0.1, 0.15) is 22.8 Å². The molecule has 1 aliphatic rings. The molecule has 0 saturated carbocycles. The normalized spacial score (nSPS) is 20.6. The van der Waals surface area contributed by atoms with Gasteiger partial charge < -0.3 is 5.32 Å². The van der Waals surface area contributed by atoms with Crippen molar-refractivity contribution in [3.05, 3.63) is 48.0 Å². The fraction of sp³-hybridized carbons (Fsp3) is 0.400. The van der Waals surface area contributed by atoms with E-state index in [4.69, 9.17) is 0 Å². The van der Waals surface area contributed by atoms with Crippen LogP contribution in [0.2, 0.25) is 0 Å². The summed E-state index contributed by atoms with van der Waals surface area (Å²) in [6.45, 7) is 9.66. The molecule has 0 amide bonds. The summed E-state index contributed by atoms with van der Waals surface area (Å²) in [5, 5.41) is 3.37. The first-order chi connectivity index (χ1) is 8.72. The molecule has 2 rings (SSSR count). The zero-order valence-corrected chi connectivity index (χ0v) is 10.9. The molecule has 1 aliphatic heterocycles. The summed E-state index contributed by atoms with van der Waals surface area (Å²) in [4.78, 5) is 14.2. The third-order valence-electron chi connectivity index (χ3n) is 3.48. The van der Waals surface area contributed by atoms with Crippen LogP contribution in [0.15, 0.2) is 36.9 Å². The zero-order valence-electron chi connectivity index (χ0n) is 10.9. The number of nitrogens with one attached hydrogen (secondary N) is 1. The number of hydrogen-bond donors (Lipinski definition) is 1. The van der Waals surface area contributed by atoms with Crippen molar-refractivity contribution >= 4 is 5.78 Å². The molecule has 18 heavy (non-hydrogen) atoms. The second kappa shape index (κ2) is 5.94. The summed E-state index contributed by atoms with van der Waals surface area (Å²) in [6, 6.07) is 8.31. The standard InChI is InChI=1S/C15H20N2O/c1-3-15(18)14-7-5-4-6-13(14)11-17-9-8-16-10-12(17)2/h3-7,12,16H,1,8-11H2,2H3. The van der Waals surface area contributed by atoms with Gasteiger partial charge in [0.05, 0.1) is 0 Å². The van der Waals surface area contributed by atoms with Crippen LogP contribution in [0.25, 0.3) is 0 Å². The van der Waals surface area contributed by atoms with Gasteiger partial charge in [-0.3, -0.25) is 9.69 Å². The zero-order chi connectivity index (χ0) is 13.0. The molecular formula is C15H20N2O. The lowest BCUT2D eigenvalue weighted by molar-refractivity contribution is 0.104. The largest absolute Gasteiger partial charge is 0.314 e. The van der Waals surface area contributed by atoms with E-state index in [0.29, 0.717) is 6.04 Å². The maximum atomic E-state index is 11.8. The Bertz CT molecular complexity index is 442. The number of allylic oxidation sites excluding steroid dienone is 1. The minimum Gasteiger partial charge on any atom is -0.314 e. The Labute approximate surface area is 108 Å². The first-order valence-corrected chi connectivity index (χ1v) is 6.42. The summed E-state index contributed by atoms with van der Waals surface area (Å²) < 4.78 is 0. The molecule has 1 fully saturated rings. The SMILES string of the molecule is C=CC(=O)c1ccccc1CN1CCNCC1C. The molecule has 96 valence electrons. The number of ketones is 1. The van der Waals surface area contributed by atoms with Crippen molar-refractivity contribution in [2.24, 2.45) is 0 Å². The first-order valence-electron chi connectivity index (χ1n) is 6.42. The van der Waals surface area contributed by atoms with Gasteiger partial charge in [-0.2, -0.15) is 0 Å². The highest BCUT2D eigenvalue weighted by Crippen LogP contribution is 2.15. The predicted molar refractivity (Wildman–Crippen MR) is 73.7 cm³/mol. The van der Waals surface area contributed by atoms with Gasteiger partial charge >= 0.3 is 0 Å². The van der Waals surface area contributed by atoms with Gasteiger partial charge in [0.15, 0.2) is 5.78 Å². The molecule has 1 aromatic rings. The Morgan fingerprint density at radius 2 is 2.33 bits per heavy atom. The van der Waals surface area contributed by atoms with E-state index >= 15 is 0 Å². The number of piperazine rings is 1. The predicted octanol–water partition coefficient (Wildman–Crippen LogP) is 1.85. The Kier molecular flexibility index (Phi) is 4.28. The van der Waals surface area contributed by atoms with Gasteiger partial charge in [0.2, 0.25) is 0 Å². The molecule has 1 saturated heterocycles. The number of hydrogen-bond acceptors (Lipinski definition) is 3. The Balaban J connectivity index is 2.17. The Hall–Kier alpha value is -1.45. The average molecular weight is 244 g/mol. The van der Waals surface area contributed by atoms with Crippen LogP contribution < -0.4 is 5.32 Å². The highest BCUT2D eigenvalue weighted by molar-refractivity contribution is 6.05. The molecule has 0 bridgehead atoms. The fourth-order valence-electron chi connectivity index (χ4n) is 2.35. The molecule has 0 radical (unpaired) electrons. The van der Waals surface area contributed by atoms with Crippen LogP contribution in [0.3, 0.4) is 0 Å². The number of carbonyl (C=O) groups is 1. The average Bonchev–Trinajstić information content (AvgIpc) is 2.41. The summed E-state index contributed by atoms with van der Waals surface area (Å²) in [5.74, 6) is 0.00777. The maximum Gasteiger partial charge on any atom is 0.185 e. The maximum absolute atomic E-state index is 11.8. The molecule has 3 nitrogen and oxygen atoms in total. The van der Waals surface area contributed by atoms with Gasteiger partial charge in [-0.25, -0.2) is 0 Å². The van der Waals surface area contributed by atoms with E-state index in [1.807, 2.05) is 24.3 Å². The smallest absolute Gasteiger partial charge is 0.185 e. The van der Waals surface area contributed by atoms with Crippen molar-refractivity contribution in [3.63, 3.8) is 0 Å². The third kappa shape index (κ3) is 2.86. The van der Waals surface area contributed by atoms with Crippen molar-refractivity contribution in [1.29, 1.82) is 0 Å². The van der Waals surface area contributed by atoms with Crippen molar-refractivity contribution in [2.75, 3.05) is 19.6 Å². The van der Waals surface area contributed by atoms with Gasteiger partial charge in [-0.05, 0) is 18.6 Å². The van der Waals surface area contributed by atoms with E-state index in [1.54, 1.807) is 0 Å². The van der Waals surface area contributed by atoms with Gasteiger partial charge in [0.1, 0.15) is 0 Å². The molecule has 0 aliphatic carbocycles. The van der Waals surface area contributed by atoms with Crippen LogP contribution in [-0.2, 0) is 6.54 Å². The van der Waals surface area contributed by atoms with Crippen molar-refractivity contribution in [2.45, 2.75) is 19.5 Å². The molecular weight excluding hydrogens is 224 g/mol. The van der Waals surface area contributed by atoms with Crippen LogP contribution in [0, 0.1) is 0 Å². The van der Waals surface area contributed by atoms with E-state index < -0.39 is 0 Å². The summed E-state index contributed by atoms with van der Waals surface area (Å²) in [6.07, 6.45) is 1.39. The minimum absolute atomic E-state index is 0.00777. The molecule has 1 atom stereocenters. The van der Waals surface area contributed by atoms with E-state index in [2.05, 4.69) is 23.7 Å². The number of nitrogens with zero attached hydrogens (tertiary/aromatic N) is 1. The number of rotatable bonds is 4. The van der Waals surface area contributed by atoms with Crippen LogP contribution in [0.5, 0.6) is 0 Å². The highest BCUT2D eigenvalue weighted by atomic mass is 16.1. The van der Waals surface area contributed by atoms with E-state index in [0.717, 1.165) is 37.3 Å². The monoisotopic (exact) mass is 244 g/mol. The number of benzene rings is 1. The Morgan fingerprint density at radius 3 is 3.06 bits per heavy atom. The summed E-state index contributed by atoms with van der Waals surface area (Å²) in [7, 11) is 0. The number of carbonyl (C=O) groups excluding carboxylic acids is 1. The molecule has 1 unspecified atom stereocenters. The quantitative estimate of drug-likeness (QED) is 0.648. The Morgan fingerprint density at radius 1 is 1.56 bits per heavy atom. The minimum atomic E-state index is 0.00777. The lowest BCUT2D eigenvalue weighted by Gasteiger charge is -2.34. The van der Waals surface area contributed by atoms with E-state index in [-0.39, 0.29) is 5.78 Å². The van der Waals surface area contributed by atoms with Gasteiger partial charge in [0.25, 0.3) is 0 Å². The highest BCUT2D eigenvalue weighted by Gasteiger charge is 2.19. The van der Waals surface area contributed by atoms with Gasteiger partial charge in [0, 0.05) is 37.8 Å². The lowest BCUT2D eigenvalue weighted by Crippen LogP contribution is -2.49. The fourth-order valence-corrected chi connectivity index (χ4v) is 2.35. The van der Waals surface area contributed by atoms with Gasteiger partial charge in [-0.1, -0.05) is 30.8 Å². The topological polar surface area (TPSA) is 32.3 Å². The molecule has 0 aromatic heterocycles. The molecule has 3 heteroatoms. The molecule has 0 spiro atoms. The first kappa shape index (κ1) is 13.0. The summed E-state index contributed by atoms with van der Waals surface area (Å²) >= 11 is 0. The second-order valence-electron chi connectivity index (χ2n) is 4.75. The van der Waals surface area contributed by atoms with Crippen LogP contribution in [-0.4, -0.2) is 36.4 Å². The lowest BCUT2D eigenvalue weighted by atomic mass is 10.0. The molecule has 1 aromatic carbocycles. The van der Waals surface area contributed by atoms with E-state index in [9.17, 15) is 4.79 Å². The van der Waals surface area contributed by atoms with Crippen molar-refractivity contribution < 1.29 is 4.79 Å². The molecule has 1 heterocycles. The van der Waals surface area contributed by atoms with Crippen LogP contribution in [0.4, 0.5) is 0 Å². The van der Waals surface area contributed by atoms with Crippen LogP contribution >= 0.6 is 0 Å².